The number of halogens is 1. The Morgan fingerprint density at radius 2 is 1.88 bits per heavy atom. The molecule has 5 nitrogen and oxygen atoms in total. The Kier molecular flexibility index (Phi) is 6.61. The summed E-state index contributed by atoms with van der Waals surface area (Å²) in [6.07, 6.45) is 1.04. The molecule has 6 heteroatoms. The number of nitrogens with two attached hydrogens (primary N) is 1. The van der Waals surface area contributed by atoms with Crippen molar-refractivity contribution in [2.75, 3.05) is 18.5 Å². The summed E-state index contributed by atoms with van der Waals surface area (Å²) in [6.45, 7) is 1.86. The van der Waals surface area contributed by atoms with Crippen molar-refractivity contribution >= 4 is 24.0 Å². The summed E-state index contributed by atoms with van der Waals surface area (Å²) < 4.78 is 11.1. The van der Waals surface area contributed by atoms with Crippen LogP contribution in [0.5, 0.6) is 5.75 Å². The molecule has 1 aliphatic heterocycles. The van der Waals surface area contributed by atoms with E-state index in [1.165, 1.54) is 0 Å². The van der Waals surface area contributed by atoms with Gasteiger partial charge in [-0.15, -0.1) is 12.4 Å². The van der Waals surface area contributed by atoms with Gasteiger partial charge in [-0.05, 0) is 42.0 Å². The van der Waals surface area contributed by atoms with Crippen LogP contribution in [0.25, 0.3) is 0 Å². The molecule has 1 amide bonds. The molecule has 2 aromatic rings. The normalized spacial score (nSPS) is 16.3. The van der Waals surface area contributed by atoms with Gasteiger partial charge in [-0.2, -0.15) is 0 Å². The molecular weight excluding hydrogens is 328 g/mol. The molecule has 1 fully saturated rings. The van der Waals surface area contributed by atoms with E-state index in [1.807, 2.05) is 36.4 Å². The molecule has 128 valence electrons. The number of nitrogens with one attached hydrogen (secondary N) is 1. The monoisotopic (exact) mass is 348 g/mol. The van der Waals surface area contributed by atoms with Crippen LogP contribution in [-0.2, 0) is 11.3 Å². The SMILES string of the molecule is Cl.NCc1ccc(C(=O)Nc2ccc(OC3CCOC3)cc2)cc1. The third-order valence-electron chi connectivity index (χ3n) is 3.75. The molecule has 0 saturated carbocycles. The van der Waals surface area contributed by atoms with E-state index in [1.54, 1.807) is 12.1 Å². The number of hydrogen-bond donors (Lipinski definition) is 2. The fourth-order valence-corrected chi connectivity index (χ4v) is 2.41. The first kappa shape index (κ1) is 18.3. The third-order valence-corrected chi connectivity index (χ3v) is 3.75. The van der Waals surface area contributed by atoms with Gasteiger partial charge in [-0.1, -0.05) is 12.1 Å². The van der Waals surface area contributed by atoms with Crippen molar-refractivity contribution in [3.63, 3.8) is 0 Å². The van der Waals surface area contributed by atoms with E-state index < -0.39 is 0 Å². The highest BCUT2D eigenvalue weighted by molar-refractivity contribution is 6.04. The standard InChI is InChI=1S/C18H20N2O3.ClH/c19-11-13-1-3-14(4-2-13)18(21)20-15-5-7-16(8-6-15)23-17-9-10-22-12-17;/h1-8,17H,9-12,19H2,(H,20,21);1H. The summed E-state index contributed by atoms with van der Waals surface area (Å²) >= 11 is 0. The first-order chi connectivity index (χ1) is 11.2. The van der Waals surface area contributed by atoms with Crippen molar-refractivity contribution in [3.05, 3.63) is 59.7 Å². The Bertz CT molecular complexity index is 653. The fraction of sp³-hybridized carbons (Fsp3) is 0.278. The average molecular weight is 349 g/mol. The summed E-state index contributed by atoms with van der Waals surface area (Å²) in [5, 5.41) is 2.87. The van der Waals surface area contributed by atoms with Gasteiger partial charge in [0.1, 0.15) is 11.9 Å². The maximum atomic E-state index is 12.2. The van der Waals surface area contributed by atoms with E-state index in [0.29, 0.717) is 18.7 Å². The smallest absolute Gasteiger partial charge is 0.255 e. The van der Waals surface area contributed by atoms with Crippen molar-refractivity contribution < 1.29 is 14.3 Å². The molecule has 1 unspecified atom stereocenters. The van der Waals surface area contributed by atoms with Crippen molar-refractivity contribution in [1.29, 1.82) is 0 Å². The average Bonchev–Trinajstić information content (AvgIpc) is 3.10. The lowest BCUT2D eigenvalue weighted by Gasteiger charge is -2.12. The van der Waals surface area contributed by atoms with Gasteiger partial charge in [0.25, 0.3) is 5.91 Å². The Morgan fingerprint density at radius 3 is 2.46 bits per heavy atom. The number of amides is 1. The molecule has 0 aliphatic carbocycles. The molecule has 3 N–H and O–H groups in total. The van der Waals surface area contributed by atoms with Gasteiger partial charge in [0.2, 0.25) is 0 Å². The fourth-order valence-electron chi connectivity index (χ4n) is 2.41. The zero-order valence-electron chi connectivity index (χ0n) is 13.2. The first-order valence-corrected chi connectivity index (χ1v) is 7.69. The Labute approximate surface area is 147 Å². The molecule has 2 aromatic carbocycles. The second-order valence-electron chi connectivity index (χ2n) is 5.48. The van der Waals surface area contributed by atoms with Crippen molar-refractivity contribution in [2.24, 2.45) is 5.73 Å². The number of rotatable bonds is 5. The maximum Gasteiger partial charge on any atom is 0.255 e. The largest absolute Gasteiger partial charge is 0.488 e. The lowest BCUT2D eigenvalue weighted by molar-refractivity contribution is 0.102. The summed E-state index contributed by atoms with van der Waals surface area (Å²) in [7, 11) is 0. The van der Waals surface area contributed by atoms with Gasteiger partial charge in [0, 0.05) is 24.2 Å². The molecule has 24 heavy (non-hydrogen) atoms. The first-order valence-electron chi connectivity index (χ1n) is 7.69. The van der Waals surface area contributed by atoms with Crippen LogP contribution in [0.1, 0.15) is 22.3 Å². The number of anilines is 1. The molecular formula is C18H21ClN2O3. The van der Waals surface area contributed by atoms with Crippen LogP contribution in [0.3, 0.4) is 0 Å². The highest BCUT2D eigenvalue weighted by Gasteiger charge is 2.17. The highest BCUT2D eigenvalue weighted by atomic mass is 35.5. The van der Waals surface area contributed by atoms with Gasteiger partial charge in [0.05, 0.1) is 13.2 Å². The molecule has 0 radical (unpaired) electrons. The quantitative estimate of drug-likeness (QED) is 0.871. The van der Waals surface area contributed by atoms with E-state index in [2.05, 4.69) is 5.32 Å². The van der Waals surface area contributed by atoms with E-state index >= 15 is 0 Å². The third kappa shape index (κ3) is 4.71. The van der Waals surface area contributed by atoms with Gasteiger partial charge in [-0.3, -0.25) is 4.79 Å². The van der Waals surface area contributed by atoms with Gasteiger partial charge < -0.3 is 20.5 Å². The van der Waals surface area contributed by atoms with Gasteiger partial charge >= 0.3 is 0 Å². The maximum absolute atomic E-state index is 12.2. The molecule has 1 aliphatic rings. The molecule has 0 bridgehead atoms. The number of carbonyl (C=O) groups excluding carboxylic acids is 1. The minimum absolute atomic E-state index is 0. The number of hydrogen-bond acceptors (Lipinski definition) is 4. The Hall–Kier alpha value is -2.08. The molecule has 1 atom stereocenters. The lowest BCUT2D eigenvalue weighted by atomic mass is 10.1. The van der Waals surface area contributed by atoms with E-state index in [4.69, 9.17) is 15.2 Å². The van der Waals surface area contributed by atoms with Crippen LogP contribution >= 0.6 is 12.4 Å². The predicted molar refractivity (Wildman–Crippen MR) is 95.8 cm³/mol. The second-order valence-corrected chi connectivity index (χ2v) is 5.48. The van der Waals surface area contributed by atoms with Crippen molar-refractivity contribution in [1.82, 2.24) is 0 Å². The van der Waals surface area contributed by atoms with Crippen molar-refractivity contribution in [2.45, 2.75) is 19.1 Å². The molecule has 0 aromatic heterocycles. The van der Waals surface area contributed by atoms with Crippen molar-refractivity contribution in [3.8, 4) is 5.75 Å². The van der Waals surface area contributed by atoms with E-state index in [0.717, 1.165) is 30.0 Å². The zero-order chi connectivity index (χ0) is 16.1. The number of carbonyl (C=O) groups is 1. The minimum atomic E-state index is -0.147. The topological polar surface area (TPSA) is 73.6 Å². The Morgan fingerprint density at radius 1 is 1.17 bits per heavy atom. The summed E-state index contributed by atoms with van der Waals surface area (Å²) in [5.74, 6) is 0.636. The lowest BCUT2D eigenvalue weighted by Crippen LogP contribution is -2.15. The van der Waals surface area contributed by atoms with Gasteiger partial charge in [0.15, 0.2) is 0 Å². The number of benzene rings is 2. The van der Waals surface area contributed by atoms with Crippen LogP contribution in [0.2, 0.25) is 0 Å². The summed E-state index contributed by atoms with van der Waals surface area (Å²) in [6, 6.07) is 14.6. The van der Waals surface area contributed by atoms with Crippen LogP contribution in [0.4, 0.5) is 5.69 Å². The van der Waals surface area contributed by atoms with Gasteiger partial charge in [-0.25, -0.2) is 0 Å². The summed E-state index contributed by atoms with van der Waals surface area (Å²) in [4.78, 5) is 12.2. The van der Waals surface area contributed by atoms with Crippen LogP contribution in [-0.4, -0.2) is 25.2 Å². The van der Waals surface area contributed by atoms with Crippen LogP contribution in [0.15, 0.2) is 48.5 Å². The Balaban J connectivity index is 0.00000208. The highest BCUT2D eigenvalue weighted by Crippen LogP contribution is 2.20. The van der Waals surface area contributed by atoms with E-state index in [9.17, 15) is 4.79 Å². The number of ether oxygens (including phenoxy) is 2. The predicted octanol–water partition coefficient (Wildman–Crippen LogP) is 2.99. The van der Waals surface area contributed by atoms with E-state index in [-0.39, 0.29) is 24.4 Å². The summed E-state index contributed by atoms with van der Waals surface area (Å²) in [5.41, 5.74) is 7.88. The second kappa shape index (κ2) is 8.68. The minimum Gasteiger partial charge on any atom is -0.488 e. The zero-order valence-corrected chi connectivity index (χ0v) is 14.1. The molecule has 0 spiro atoms. The molecule has 1 heterocycles. The van der Waals surface area contributed by atoms with Crippen LogP contribution in [0, 0.1) is 0 Å². The molecule has 1 saturated heterocycles. The molecule has 3 rings (SSSR count). The van der Waals surface area contributed by atoms with Crippen LogP contribution < -0.4 is 15.8 Å².